The van der Waals surface area contributed by atoms with Crippen molar-refractivity contribution in [2.75, 3.05) is 7.11 Å². The van der Waals surface area contributed by atoms with Crippen molar-refractivity contribution in [2.24, 2.45) is 27.8 Å². The molecule has 4 atom stereocenters. The molecular formula is C25H30N2O2. The first-order valence-electron chi connectivity index (χ1n) is 10.8. The molecule has 0 spiro atoms. The van der Waals surface area contributed by atoms with E-state index in [1.165, 1.54) is 36.0 Å². The zero-order valence-corrected chi connectivity index (χ0v) is 17.6. The lowest BCUT2D eigenvalue weighted by Gasteiger charge is -2.56. The molecule has 4 nitrogen and oxygen atoms in total. The Labute approximate surface area is 173 Å². The van der Waals surface area contributed by atoms with Gasteiger partial charge in [-0.05, 0) is 73.5 Å². The van der Waals surface area contributed by atoms with Gasteiger partial charge in [0.05, 0.1) is 19.0 Å². The average Bonchev–Trinajstić information content (AvgIpc) is 3.10. The molecule has 4 aliphatic rings. The Morgan fingerprint density at radius 3 is 2.79 bits per heavy atom. The summed E-state index contributed by atoms with van der Waals surface area (Å²) in [6.45, 7) is 4.89. The maximum Gasteiger partial charge on any atom is 0.137 e. The molecule has 1 N–H and O–H groups in total. The van der Waals surface area contributed by atoms with Crippen molar-refractivity contribution in [1.29, 1.82) is 0 Å². The van der Waals surface area contributed by atoms with Crippen LogP contribution in [0.15, 0.2) is 53.0 Å². The molecule has 4 unspecified atom stereocenters. The van der Waals surface area contributed by atoms with Gasteiger partial charge < -0.3 is 9.94 Å². The molecule has 0 amide bonds. The predicted octanol–water partition coefficient (Wildman–Crippen LogP) is 5.80. The third-order valence-electron chi connectivity index (χ3n) is 8.41. The highest BCUT2D eigenvalue weighted by Gasteiger charge is 2.54. The minimum Gasteiger partial charge on any atom is -0.495 e. The van der Waals surface area contributed by atoms with Crippen molar-refractivity contribution >= 4 is 11.3 Å². The fraction of sp³-hybridized carbons (Fsp3) is 0.520. The van der Waals surface area contributed by atoms with Gasteiger partial charge in [-0.3, -0.25) is 4.98 Å². The number of rotatable bonds is 2. The lowest BCUT2D eigenvalue weighted by molar-refractivity contribution is 0.0716. The van der Waals surface area contributed by atoms with Crippen LogP contribution in [0.4, 0.5) is 0 Å². The summed E-state index contributed by atoms with van der Waals surface area (Å²) in [5, 5.41) is 12.7. The second-order valence-electron chi connectivity index (χ2n) is 9.62. The van der Waals surface area contributed by atoms with Gasteiger partial charge in [-0.15, -0.1) is 0 Å². The van der Waals surface area contributed by atoms with E-state index in [4.69, 9.17) is 4.74 Å². The number of pyridine rings is 1. The largest absolute Gasteiger partial charge is 0.495 e. The molecule has 0 bridgehead atoms. The third-order valence-corrected chi connectivity index (χ3v) is 8.41. The van der Waals surface area contributed by atoms with E-state index in [2.05, 4.69) is 48.3 Å². The van der Waals surface area contributed by atoms with Crippen LogP contribution in [0.5, 0.6) is 5.75 Å². The summed E-state index contributed by atoms with van der Waals surface area (Å²) in [4.78, 5) is 4.40. The van der Waals surface area contributed by atoms with E-state index in [9.17, 15) is 5.21 Å². The van der Waals surface area contributed by atoms with E-state index >= 15 is 0 Å². The fourth-order valence-electron chi connectivity index (χ4n) is 6.74. The van der Waals surface area contributed by atoms with Crippen LogP contribution < -0.4 is 4.74 Å². The third kappa shape index (κ3) is 2.64. The highest BCUT2D eigenvalue weighted by molar-refractivity contribution is 5.96. The van der Waals surface area contributed by atoms with E-state index in [0.29, 0.717) is 11.8 Å². The van der Waals surface area contributed by atoms with Gasteiger partial charge in [0, 0.05) is 17.2 Å². The molecule has 29 heavy (non-hydrogen) atoms. The zero-order chi connectivity index (χ0) is 20.2. The minimum absolute atomic E-state index is 0.0964. The van der Waals surface area contributed by atoms with Crippen molar-refractivity contribution in [3.05, 3.63) is 53.4 Å². The summed E-state index contributed by atoms with van der Waals surface area (Å²) in [5.41, 5.74) is 6.88. The molecule has 5 rings (SSSR count). The second kappa shape index (κ2) is 6.58. The number of hydrogen-bond donors (Lipinski definition) is 1. The molecule has 0 aromatic carbocycles. The molecule has 2 saturated carbocycles. The Bertz CT molecular complexity index is 973. The van der Waals surface area contributed by atoms with Gasteiger partial charge in [0.1, 0.15) is 5.75 Å². The number of nitrogens with zero attached hydrogens (tertiary/aromatic N) is 2. The van der Waals surface area contributed by atoms with Gasteiger partial charge in [-0.2, -0.15) is 0 Å². The Kier molecular flexibility index (Phi) is 4.23. The monoisotopic (exact) mass is 390 g/mol. The minimum atomic E-state index is 0.0964. The molecule has 152 valence electrons. The van der Waals surface area contributed by atoms with E-state index in [1.54, 1.807) is 18.9 Å². The van der Waals surface area contributed by atoms with Gasteiger partial charge in [0.2, 0.25) is 0 Å². The Hall–Kier alpha value is -2.36. The number of ether oxygens (including phenoxy) is 1. The fourth-order valence-corrected chi connectivity index (χ4v) is 6.74. The summed E-state index contributed by atoms with van der Waals surface area (Å²) in [7, 11) is 1.70. The predicted molar refractivity (Wildman–Crippen MR) is 115 cm³/mol. The Morgan fingerprint density at radius 2 is 2.00 bits per heavy atom. The van der Waals surface area contributed by atoms with Gasteiger partial charge in [0.25, 0.3) is 0 Å². The first-order chi connectivity index (χ1) is 14.0. The van der Waals surface area contributed by atoms with Crippen LogP contribution in [0.1, 0.15) is 57.9 Å². The van der Waals surface area contributed by atoms with E-state index in [1.807, 2.05) is 6.20 Å². The lowest BCUT2D eigenvalue weighted by atomic mass is 9.48. The lowest BCUT2D eigenvalue weighted by Crippen LogP contribution is -2.47. The summed E-state index contributed by atoms with van der Waals surface area (Å²) in [6, 6.07) is 2.12. The number of fused-ring (bicyclic) bond motifs is 5. The van der Waals surface area contributed by atoms with Gasteiger partial charge in [0.15, 0.2) is 0 Å². The van der Waals surface area contributed by atoms with Crippen molar-refractivity contribution in [3.8, 4) is 5.75 Å². The molecule has 4 heteroatoms. The van der Waals surface area contributed by atoms with E-state index in [-0.39, 0.29) is 10.8 Å². The smallest absolute Gasteiger partial charge is 0.137 e. The number of oxime groups is 1. The molecular weight excluding hydrogens is 360 g/mol. The van der Waals surface area contributed by atoms with Crippen LogP contribution >= 0.6 is 0 Å². The summed E-state index contributed by atoms with van der Waals surface area (Å²) >= 11 is 0. The zero-order valence-electron chi connectivity index (χ0n) is 17.6. The van der Waals surface area contributed by atoms with Crippen LogP contribution in [0.2, 0.25) is 0 Å². The first-order valence-corrected chi connectivity index (χ1v) is 10.8. The number of aromatic nitrogens is 1. The van der Waals surface area contributed by atoms with Crippen LogP contribution in [0, 0.1) is 22.7 Å². The molecule has 4 aliphatic carbocycles. The summed E-state index contributed by atoms with van der Waals surface area (Å²) in [6.07, 6.45) is 17.4. The molecule has 1 heterocycles. The number of hydrogen-bond acceptors (Lipinski definition) is 4. The molecule has 0 saturated heterocycles. The molecule has 1 aromatic rings. The topological polar surface area (TPSA) is 54.7 Å². The molecule has 1 aromatic heterocycles. The highest BCUT2D eigenvalue weighted by Crippen LogP contribution is 2.65. The van der Waals surface area contributed by atoms with Crippen molar-refractivity contribution in [3.63, 3.8) is 0 Å². The van der Waals surface area contributed by atoms with Gasteiger partial charge in [-0.1, -0.05) is 42.3 Å². The average molecular weight is 391 g/mol. The summed E-state index contributed by atoms with van der Waals surface area (Å²) in [5.74, 6) is 2.13. The Balaban J connectivity index is 1.47. The van der Waals surface area contributed by atoms with Crippen molar-refractivity contribution in [1.82, 2.24) is 4.98 Å². The van der Waals surface area contributed by atoms with E-state index in [0.717, 1.165) is 30.7 Å². The quantitative estimate of drug-likeness (QED) is 0.513. The van der Waals surface area contributed by atoms with Crippen LogP contribution in [-0.2, 0) is 0 Å². The first kappa shape index (κ1) is 18.7. The Morgan fingerprint density at radius 1 is 1.14 bits per heavy atom. The van der Waals surface area contributed by atoms with E-state index < -0.39 is 0 Å². The van der Waals surface area contributed by atoms with Crippen molar-refractivity contribution < 1.29 is 9.94 Å². The van der Waals surface area contributed by atoms with Crippen LogP contribution in [-0.4, -0.2) is 23.0 Å². The highest BCUT2D eigenvalue weighted by atomic mass is 16.5. The van der Waals surface area contributed by atoms with Crippen molar-refractivity contribution in [2.45, 2.75) is 52.4 Å². The number of methoxy groups -OCH3 is 1. The maximum absolute atomic E-state index is 9.24. The van der Waals surface area contributed by atoms with Gasteiger partial charge in [-0.25, -0.2) is 0 Å². The molecule has 0 radical (unpaired) electrons. The summed E-state index contributed by atoms with van der Waals surface area (Å²) < 4.78 is 5.42. The molecule has 2 fully saturated rings. The number of allylic oxidation sites excluding steroid dienone is 6. The van der Waals surface area contributed by atoms with Gasteiger partial charge >= 0.3 is 0 Å². The normalized spacial score (nSPS) is 37.1. The molecule has 0 aliphatic heterocycles. The van der Waals surface area contributed by atoms with Crippen LogP contribution in [0.3, 0.4) is 0 Å². The standard InChI is InChI=1S/C25H30N2O2/c1-24-10-8-18(27-28)13-17(24)4-5-20-22-7-6-21(25(22,2)11-9-23(20)24)16-12-19(29-3)15-26-14-16/h6-7,12-15,20,23,28H,4-5,8-11H2,1-3H3/b27-18+. The second-order valence-corrected chi connectivity index (χ2v) is 9.62. The van der Waals surface area contributed by atoms with Crippen LogP contribution in [0.25, 0.3) is 5.57 Å². The SMILES string of the molecule is COc1cncc(C2=CC=C3C4CCC5=C/C(=N/O)CCC5(C)C4CCC23C)c1. The maximum atomic E-state index is 9.24.